The molecule has 0 amide bonds. The molecule has 0 atom stereocenters. The number of benzene rings is 1. The molecule has 0 aliphatic carbocycles. The Balaban J connectivity index is 2.48. The van der Waals surface area contributed by atoms with Crippen LogP contribution in [0, 0.1) is 0 Å². The highest BCUT2D eigenvalue weighted by molar-refractivity contribution is 5.72. The van der Waals surface area contributed by atoms with Crippen LogP contribution in [0.4, 0.5) is 11.5 Å². The van der Waals surface area contributed by atoms with E-state index in [1.807, 2.05) is 38.4 Å². The molecule has 0 radical (unpaired) electrons. The van der Waals surface area contributed by atoms with E-state index in [2.05, 4.69) is 30.7 Å². The van der Waals surface area contributed by atoms with E-state index in [9.17, 15) is 0 Å². The Morgan fingerprint density at radius 3 is 2.05 bits per heavy atom. The first-order valence-corrected chi connectivity index (χ1v) is 6.63. The third-order valence-corrected chi connectivity index (χ3v) is 3.28. The standard InChI is InChI=1S/C15H23N5/c1-15(2,3)14-18-12(13(16)20(14)17)10-6-8-11(9-7-10)19(4)5/h6-9H,16-17H2,1-5H3. The molecule has 5 heteroatoms. The fourth-order valence-corrected chi connectivity index (χ4v) is 2.10. The number of nitrogen functional groups attached to an aromatic ring is 2. The molecule has 0 unspecified atom stereocenters. The summed E-state index contributed by atoms with van der Waals surface area (Å²) in [7, 11) is 4.02. The molecular weight excluding hydrogens is 250 g/mol. The summed E-state index contributed by atoms with van der Waals surface area (Å²) in [6.45, 7) is 6.20. The van der Waals surface area contributed by atoms with Gasteiger partial charge >= 0.3 is 0 Å². The van der Waals surface area contributed by atoms with E-state index >= 15 is 0 Å². The molecule has 0 aliphatic rings. The van der Waals surface area contributed by atoms with E-state index in [4.69, 9.17) is 11.6 Å². The van der Waals surface area contributed by atoms with Gasteiger partial charge in [0.05, 0.1) is 0 Å². The quantitative estimate of drug-likeness (QED) is 0.823. The summed E-state index contributed by atoms with van der Waals surface area (Å²) in [6, 6.07) is 8.11. The molecule has 5 nitrogen and oxygen atoms in total. The molecular formula is C15H23N5. The number of aromatic nitrogens is 2. The van der Waals surface area contributed by atoms with Crippen molar-refractivity contribution in [1.29, 1.82) is 0 Å². The highest BCUT2D eigenvalue weighted by Crippen LogP contribution is 2.30. The van der Waals surface area contributed by atoms with Crippen molar-refractivity contribution in [1.82, 2.24) is 9.66 Å². The van der Waals surface area contributed by atoms with Gasteiger partial charge in [0.25, 0.3) is 0 Å². The normalized spacial score (nSPS) is 11.7. The van der Waals surface area contributed by atoms with Crippen molar-refractivity contribution in [2.24, 2.45) is 0 Å². The van der Waals surface area contributed by atoms with Crippen molar-refractivity contribution in [3.63, 3.8) is 0 Å². The summed E-state index contributed by atoms with van der Waals surface area (Å²) in [4.78, 5) is 6.68. The van der Waals surface area contributed by atoms with Crippen LogP contribution in [0.25, 0.3) is 11.3 Å². The van der Waals surface area contributed by atoms with Crippen molar-refractivity contribution in [3.8, 4) is 11.3 Å². The van der Waals surface area contributed by atoms with Gasteiger partial charge < -0.3 is 16.5 Å². The van der Waals surface area contributed by atoms with Crippen molar-refractivity contribution >= 4 is 11.5 Å². The van der Waals surface area contributed by atoms with Gasteiger partial charge in [-0.05, 0) is 12.1 Å². The average Bonchev–Trinajstić information content (AvgIpc) is 2.66. The highest BCUT2D eigenvalue weighted by atomic mass is 15.4. The molecule has 20 heavy (non-hydrogen) atoms. The smallest absolute Gasteiger partial charge is 0.150 e. The van der Waals surface area contributed by atoms with Crippen LogP contribution >= 0.6 is 0 Å². The SMILES string of the molecule is CN(C)c1ccc(-c2nc(C(C)(C)C)n(N)c2N)cc1. The Labute approximate surface area is 120 Å². The van der Waals surface area contributed by atoms with E-state index in [0.717, 1.165) is 22.8 Å². The Hall–Kier alpha value is -2.17. The van der Waals surface area contributed by atoms with Crippen LogP contribution < -0.4 is 16.5 Å². The number of imidazole rings is 1. The minimum atomic E-state index is -0.148. The lowest BCUT2D eigenvalue weighted by Gasteiger charge is -2.17. The lowest BCUT2D eigenvalue weighted by molar-refractivity contribution is 0.532. The van der Waals surface area contributed by atoms with Crippen LogP contribution in [0.1, 0.15) is 26.6 Å². The zero-order valence-electron chi connectivity index (χ0n) is 12.8. The molecule has 0 bridgehead atoms. The molecule has 2 aromatic rings. The maximum Gasteiger partial charge on any atom is 0.150 e. The van der Waals surface area contributed by atoms with Crippen molar-refractivity contribution < 1.29 is 0 Å². The first-order valence-electron chi connectivity index (χ1n) is 6.63. The van der Waals surface area contributed by atoms with E-state index in [-0.39, 0.29) is 5.41 Å². The lowest BCUT2D eigenvalue weighted by atomic mass is 9.96. The number of nitrogens with two attached hydrogens (primary N) is 2. The van der Waals surface area contributed by atoms with Crippen LogP contribution in [-0.2, 0) is 5.41 Å². The van der Waals surface area contributed by atoms with E-state index in [1.54, 1.807) is 0 Å². The topological polar surface area (TPSA) is 73.1 Å². The van der Waals surface area contributed by atoms with Gasteiger partial charge in [0.2, 0.25) is 0 Å². The van der Waals surface area contributed by atoms with E-state index in [1.165, 1.54) is 4.68 Å². The Kier molecular flexibility index (Phi) is 3.38. The zero-order valence-corrected chi connectivity index (χ0v) is 12.8. The van der Waals surface area contributed by atoms with Crippen LogP contribution in [0.15, 0.2) is 24.3 Å². The molecule has 0 spiro atoms. The van der Waals surface area contributed by atoms with Gasteiger partial charge in [0.15, 0.2) is 5.82 Å². The van der Waals surface area contributed by atoms with Gasteiger partial charge in [-0.1, -0.05) is 32.9 Å². The van der Waals surface area contributed by atoms with Crippen molar-refractivity contribution in [3.05, 3.63) is 30.1 Å². The summed E-state index contributed by atoms with van der Waals surface area (Å²) in [5, 5.41) is 0. The van der Waals surface area contributed by atoms with E-state index in [0.29, 0.717) is 5.82 Å². The Bertz CT molecular complexity index is 602. The molecule has 2 rings (SSSR count). The number of hydrogen-bond acceptors (Lipinski definition) is 4. The van der Waals surface area contributed by atoms with Gasteiger partial charge in [-0.2, -0.15) is 0 Å². The predicted octanol–water partition coefficient (Wildman–Crippen LogP) is 2.21. The van der Waals surface area contributed by atoms with Gasteiger partial charge in [0.1, 0.15) is 11.5 Å². The molecule has 108 valence electrons. The lowest BCUT2D eigenvalue weighted by Crippen LogP contribution is -2.24. The molecule has 1 heterocycles. The van der Waals surface area contributed by atoms with Gasteiger partial charge in [0, 0.05) is 30.8 Å². The molecule has 0 saturated carbocycles. The van der Waals surface area contributed by atoms with Crippen LogP contribution in [0.2, 0.25) is 0 Å². The van der Waals surface area contributed by atoms with Crippen molar-refractivity contribution in [2.75, 3.05) is 30.6 Å². The first kappa shape index (κ1) is 14.2. The second-order valence-electron chi connectivity index (χ2n) is 6.23. The highest BCUT2D eigenvalue weighted by Gasteiger charge is 2.24. The third-order valence-electron chi connectivity index (χ3n) is 3.28. The first-order chi connectivity index (χ1) is 9.21. The van der Waals surface area contributed by atoms with Crippen LogP contribution in [0.3, 0.4) is 0 Å². The summed E-state index contributed by atoms with van der Waals surface area (Å²) >= 11 is 0. The summed E-state index contributed by atoms with van der Waals surface area (Å²) < 4.78 is 1.48. The minimum Gasteiger partial charge on any atom is -0.382 e. The minimum absolute atomic E-state index is 0.148. The molecule has 1 aromatic heterocycles. The van der Waals surface area contributed by atoms with E-state index < -0.39 is 0 Å². The summed E-state index contributed by atoms with van der Waals surface area (Å²) in [5.41, 5.74) is 8.80. The fourth-order valence-electron chi connectivity index (χ4n) is 2.10. The number of anilines is 2. The van der Waals surface area contributed by atoms with Gasteiger partial charge in [-0.25, -0.2) is 9.66 Å². The monoisotopic (exact) mass is 273 g/mol. The van der Waals surface area contributed by atoms with Crippen LogP contribution in [-0.4, -0.2) is 23.8 Å². The molecule has 0 fully saturated rings. The second-order valence-corrected chi connectivity index (χ2v) is 6.23. The summed E-state index contributed by atoms with van der Waals surface area (Å²) in [6.07, 6.45) is 0. The maximum absolute atomic E-state index is 6.10. The molecule has 4 N–H and O–H groups in total. The average molecular weight is 273 g/mol. The Morgan fingerprint density at radius 1 is 1.10 bits per heavy atom. The largest absolute Gasteiger partial charge is 0.382 e. The third kappa shape index (κ3) is 2.43. The van der Waals surface area contributed by atoms with Crippen molar-refractivity contribution in [2.45, 2.75) is 26.2 Å². The van der Waals surface area contributed by atoms with Gasteiger partial charge in [-0.15, -0.1) is 0 Å². The summed E-state index contributed by atoms with van der Waals surface area (Å²) in [5.74, 6) is 7.30. The number of hydrogen-bond donors (Lipinski definition) is 2. The molecule has 0 aliphatic heterocycles. The predicted molar refractivity (Wildman–Crippen MR) is 85.3 cm³/mol. The molecule has 1 aromatic carbocycles. The molecule has 0 saturated heterocycles. The second kappa shape index (κ2) is 4.74. The Morgan fingerprint density at radius 2 is 1.65 bits per heavy atom. The zero-order chi connectivity index (χ0) is 15.1. The number of rotatable bonds is 2. The van der Waals surface area contributed by atoms with Gasteiger partial charge in [-0.3, -0.25) is 0 Å². The number of nitrogens with zero attached hydrogens (tertiary/aromatic N) is 3. The van der Waals surface area contributed by atoms with Crippen LogP contribution in [0.5, 0.6) is 0 Å². The fraction of sp³-hybridized carbons (Fsp3) is 0.400. The maximum atomic E-state index is 6.10.